The summed E-state index contributed by atoms with van der Waals surface area (Å²) in [5.41, 5.74) is 0.951. The molecule has 212 valence electrons. The van der Waals surface area contributed by atoms with Crippen LogP contribution in [0.25, 0.3) is 0 Å². The summed E-state index contributed by atoms with van der Waals surface area (Å²) in [6, 6.07) is 1.27. The smallest absolute Gasteiger partial charge is 0.416 e. The van der Waals surface area contributed by atoms with Gasteiger partial charge >= 0.3 is 24.5 Å². The van der Waals surface area contributed by atoms with E-state index in [0.29, 0.717) is 12.1 Å². The second-order valence-electron chi connectivity index (χ2n) is 10.5. The van der Waals surface area contributed by atoms with Crippen LogP contribution in [0.15, 0.2) is 18.2 Å². The number of ether oxygens (including phenoxy) is 2. The lowest BCUT2D eigenvalue weighted by Crippen LogP contribution is -2.55. The number of alkyl halides is 6. The number of benzene rings is 1. The molecule has 0 saturated heterocycles. The number of carbonyl (C=O) groups excluding carboxylic acids is 2. The van der Waals surface area contributed by atoms with Gasteiger partial charge in [0.05, 0.1) is 17.7 Å². The van der Waals surface area contributed by atoms with Crippen LogP contribution in [-0.2, 0) is 28.4 Å². The van der Waals surface area contributed by atoms with Gasteiger partial charge < -0.3 is 20.5 Å². The average Bonchev–Trinajstić information content (AvgIpc) is 2.66. The Morgan fingerprint density at radius 1 is 0.919 bits per heavy atom. The van der Waals surface area contributed by atoms with Crippen LogP contribution in [0.2, 0.25) is 0 Å². The van der Waals surface area contributed by atoms with Gasteiger partial charge in [-0.2, -0.15) is 26.3 Å². The van der Waals surface area contributed by atoms with Crippen molar-refractivity contribution in [3.63, 3.8) is 0 Å². The molecule has 0 unspecified atom stereocenters. The quantitative estimate of drug-likeness (QED) is 0.290. The van der Waals surface area contributed by atoms with E-state index in [1.807, 2.05) is 41.5 Å². The topological polar surface area (TPSA) is 93.9 Å². The van der Waals surface area contributed by atoms with Crippen LogP contribution < -0.4 is 11.1 Å². The first-order valence-corrected chi connectivity index (χ1v) is 11.5. The summed E-state index contributed by atoms with van der Waals surface area (Å²) >= 11 is 0. The third-order valence-electron chi connectivity index (χ3n) is 5.05. The maximum Gasteiger partial charge on any atom is 0.416 e. The average molecular weight is 544 g/mol. The van der Waals surface area contributed by atoms with Crippen LogP contribution in [0.4, 0.5) is 35.9 Å². The maximum atomic E-state index is 13.0. The first-order valence-electron chi connectivity index (χ1n) is 11.5. The lowest BCUT2D eigenvalue weighted by molar-refractivity contribution is -0.143. The van der Waals surface area contributed by atoms with Gasteiger partial charge in [-0.1, -0.05) is 0 Å². The van der Waals surface area contributed by atoms with Crippen LogP contribution in [0, 0.1) is 0 Å². The Labute approximate surface area is 212 Å². The number of halogens is 6. The van der Waals surface area contributed by atoms with Crippen LogP contribution in [-0.4, -0.2) is 47.4 Å². The normalized spacial score (nSPS) is 13.7. The molecule has 1 aromatic carbocycles. The maximum absolute atomic E-state index is 13.0. The summed E-state index contributed by atoms with van der Waals surface area (Å²) in [6.45, 7) is 10.7. The number of nitrogens with two attached hydrogens (primary N) is 1. The molecule has 0 heterocycles. The summed E-state index contributed by atoms with van der Waals surface area (Å²) in [5.74, 6) is 0. The lowest BCUT2D eigenvalue weighted by Gasteiger charge is -2.44. The van der Waals surface area contributed by atoms with Crippen LogP contribution in [0.1, 0.15) is 71.1 Å². The molecule has 37 heavy (non-hydrogen) atoms. The number of primary amides is 1. The molecule has 2 amide bonds. The highest BCUT2D eigenvalue weighted by Crippen LogP contribution is 2.36. The van der Waals surface area contributed by atoms with E-state index in [2.05, 4.69) is 5.32 Å². The Balaban J connectivity index is 2.77. The summed E-state index contributed by atoms with van der Waals surface area (Å²) in [6.07, 6.45) is -12.0. The van der Waals surface area contributed by atoms with Gasteiger partial charge in [-0.05, 0) is 78.1 Å². The highest BCUT2D eigenvalue weighted by atomic mass is 19.4. The zero-order valence-corrected chi connectivity index (χ0v) is 21.8. The molecular formula is C24H35F6N3O4. The van der Waals surface area contributed by atoms with Gasteiger partial charge in [-0.25, -0.2) is 9.59 Å². The predicted octanol–water partition coefficient (Wildman–Crippen LogP) is 6.09. The van der Waals surface area contributed by atoms with Crippen LogP contribution in [0.3, 0.4) is 0 Å². The Hall–Kier alpha value is -2.70. The van der Waals surface area contributed by atoms with Gasteiger partial charge in [-0.3, -0.25) is 4.90 Å². The van der Waals surface area contributed by atoms with E-state index in [-0.39, 0.29) is 44.2 Å². The molecule has 1 atom stereocenters. The summed E-state index contributed by atoms with van der Waals surface area (Å²) < 4.78 is 88.6. The molecule has 0 spiro atoms. The molecular weight excluding hydrogens is 508 g/mol. The van der Waals surface area contributed by atoms with E-state index >= 15 is 0 Å². The van der Waals surface area contributed by atoms with Crippen molar-refractivity contribution in [3.05, 3.63) is 34.9 Å². The molecule has 0 aliphatic carbocycles. The van der Waals surface area contributed by atoms with Gasteiger partial charge in [0, 0.05) is 24.2 Å². The molecule has 3 N–H and O–H groups in total. The van der Waals surface area contributed by atoms with Gasteiger partial charge in [-0.15, -0.1) is 0 Å². The van der Waals surface area contributed by atoms with Crippen molar-refractivity contribution >= 4 is 12.2 Å². The zero-order valence-electron chi connectivity index (χ0n) is 21.8. The monoisotopic (exact) mass is 543 g/mol. The third-order valence-corrected chi connectivity index (χ3v) is 5.05. The number of carbonyl (C=O) groups is 2. The van der Waals surface area contributed by atoms with Gasteiger partial charge in [0.2, 0.25) is 0 Å². The third kappa shape index (κ3) is 11.1. The van der Waals surface area contributed by atoms with Crippen molar-refractivity contribution < 1.29 is 45.4 Å². The number of amides is 2. The van der Waals surface area contributed by atoms with Gasteiger partial charge in [0.1, 0.15) is 6.10 Å². The first-order chi connectivity index (χ1) is 16.6. The van der Waals surface area contributed by atoms with E-state index < -0.39 is 52.8 Å². The minimum atomic E-state index is -4.96. The van der Waals surface area contributed by atoms with Crippen molar-refractivity contribution in [3.8, 4) is 0 Å². The highest BCUT2D eigenvalue weighted by molar-refractivity contribution is 5.69. The van der Waals surface area contributed by atoms with Crippen LogP contribution >= 0.6 is 0 Å². The van der Waals surface area contributed by atoms with Gasteiger partial charge in [0.25, 0.3) is 0 Å². The molecule has 0 aliphatic heterocycles. The number of rotatable bonds is 9. The first kappa shape index (κ1) is 32.3. The predicted molar refractivity (Wildman–Crippen MR) is 125 cm³/mol. The summed E-state index contributed by atoms with van der Waals surface area (Å²) in [5, 5.41) is 2.69. The highest BCUT2D eigenvalue weighted by Gasteiger charge is 2.38. The van der Waals surface area contributed by atoms with Crippen molar-refractivity contribution in [2.24, 2.45) is 5.73 Å². The van der Waals surface area contributed by atoms with E-state index in [0.717, 1.165) is 0 Å². The number of nitrogens with one attached hydrogen (secondary N) is 1. The fourth-order valence-electron chi connectivity index (χ4n) is 3.95. The number of hydrogen-bond acceptors (Lipinski definition) is 5. The Morgan fingerprint density at radius 3 is 1.81 bits per heavy atom. The van der Waals surface area contributed by atoms with Crippen molar-refractivity contribution in [2.45, 2.75) is 90.5 Å². The Morgan fingerprint density at radius 2 is 1.41 bits per heavy atom. The second-order valence-corrected chi connectivity index (χ2v) is 10.5. The number of nitrogens with zero attached hydrogens (tertiary/aromatic N) is 1. The second kappa shape index (κ2) is 12.2. The Bertz CT molecular complexity index is 875. The van der Waals surface area contributed by atoms with Crippen molar-refractivity contribution in [1.82, 2.24) is 10.2 Å². The van der Waals surface area contributed by atoms with Crippen LogP contribution in [0.5, 0.6) is 0 Å². The molecule has 0 aliphatic rings. The fraction of sp³-hybridized carbons (Fsp3) is 0.667. The Kier molecular flexibility index (Phi) is 10.7. The van der Waals surface area contributed by atoms with Crippen molar-refractivity contribution in [1.29, 1.82) is 0 Å². The standard InChI is InChI=1S/C24H35F6N3O4/c1-21(2,3)33(22(4,5)6)20(35)36-9-7-8-18(37-19(31)34)14-32-13-15-10-16(23(25,26)27)12-17(11-15)24(28,29)30/h10-12,18,32H,7-9,13-14H2,1-6H3,(H2,31,34)/t18-/m0/s1. The summed E-state index contributed by atoms with van der Waals surface area (Å²) in [4.78, 5) is 25.4. The fourth-order valence-corrected chi connectivity index (χ4v) is 3.95. The number of hydrogen-bond donors (Lipinski definition) is 2. The summed E-state index contributed by atoms with van der Waals surface area (Å²) in [7, 11) is 0. The minimum Gasteiger partial charge on any atom is -0.449 e. The molecule has 0 aromatic heterocycles. The van der Waals surface area contributed by atoms with Gasteiger partial charge in [0.15, 0.2) is 0 Å². The molecule has 0 saturated carbocycles. The zero-order chi connectivity index (χ0) is 28.8. The molecule has 1 aromatic rings. The molecule has 7 nitrogen and oxygen atoms in total. The molecule has 0 fully saturated rings. The van der Waals surface area contributed by atoms with E-state index in [9.17, 15) is 35.9 Å². The molecule has 1 rings (SSSR count). The van der Waals surface area contributed by atoms with E-state index in [1.165, 1.54) is 0 Å². The SMILES string of the molecule is CC(C)(C)N(C(=O)OCCC[C@@H](CNCc1cc(C(F)(F)F)cc(C(F)(F)F)c1)OC(N)=O)C(C)(C)C. The largest absolute Gasteiger partial charge is 0.449 e. The molecule has 0 bridgehead atoms. The van der Waals surface area contributed by atoms with E-state index in [4.69, 9.17) is 15.2 Å². The van der Waals surface area contributed by atoms with Crippen molar-refractivity contribution in [2.75, 3.05) is 13.2 Å². The van der Waals surface area contributed by atoms with E-state index in [1.54, 1.807) is 4.90 Å². The molecule has 0 radical (unpaired) electrons. The molecule has 13 heteroatoms. The lowest BCUT2D eigenvalue weighted by atomic mass is 9.97. The minimum absolute atomic E-state index is 0.0112.